The Hall–Kier alpha value is -0.490. The van der Waals surface area contributed by atoms with Gasteiger partial charge in [-0.05, 0) is 38.5 Å². The third kappa shape index (κ3) is 4.84. The zero-order valence-corrected chi connectivity index (χ0v) is 13.1. The second-order valence-corrected chi connectivity index (χ2v) is 4.81. The van der Waals surface area contributed by atoms with Crippen molar-refractivity contribution in [2.45, 2.75) is 33.2 Å². The fourth-order valence-electron chi connectivity index (χ4n) is 1.84. The van der Waals surface area contributed by atoms with Crippen molar-refractivity contribution in [2.24, 2.45) is 0 Å². The first-order valence-electron chi connectivity index (χ1n) is 6.42. The van der Waals surface area contributed by atoms with Crippen LogP contribution in [0, 0.1) is 5.82 Å². The maximum atomic E-state index is 13.9. The van der Waals surface area contributed by atoms with Gasteiger partial charge in [0.2, 0.25) is 0 Å². The number of halogens is 2. The van der Waals surface area contributed by atoms with Crippen LogP contribution >= 0.6 is 15.9 Å². The van der Waals surface area contributed by atoms with Crippen LogP contribution in [0.3, 0.4) is 0 Å². The zero-order chi connectivity index (χ0) is 14.3. The van der Waals surface area contributed by atoms with E-state index in [-0.39, 0.29) is 12.2 Å². The molecule has 0 spiro atoms. The van der Waals surface area contributed by atoms with Crippen molar-refractivity contribution in [2.75, 3.05) is 19.8 Å². The Morgan fingerprint density at radius 2 is 1.58 bits per heavy atom. The molecule has 0 aliphatic rings. The summed E-state index contributed by atoms with van der Waals surface area (Å²) in [6.45, 7) is 6.84. The molecular weight excluding hydrogens is 315 g/mol. The van der Waals surface area contributed by atoms with Crippen LogP contribution in [-0.2, 0) is 20.6 Å². The molecule has 0 saturated carbocycles. The first-order valence-corrected chi connectivity index (χ1v) is 7.22. The summed E-state index contributed by atoms with van der Waals surface area (Å²) in [5.74, 6) is -1.52. The van der Waals surface area contributed by atoms with E-state index < -0.39 is 5.97 Å². The minimum atomic E-state index is -1.22. The summed E-state index contributed by atoms with van der Waals surface area (Å²) in [6, 6.07) is 4.90. The van der Waals surface area contributed by atoms with Crippen LogP contribution in [0.4, 0.5) is 4.39 Å². The van der Waals surface area contributed by atoms with Gasteiger partial charge < -0.3 is 14.2 Å². The van der Waals surface area contributed by atoms with Gasteiger partial charge in [0.15, 0.2) is 0 Å². The fraction of sp³-hybridized carbons (Fsp3) is 0.571. The van der Waals surface area contributed by atoms with Crippen molar-refractivity contribution in [3.8, 4) is 0 Å². The molecule has 0 fully saturated rings. The third-order valence-corrected chi connectivity index (χ3v) is 3.01. The summed E-state index contributed by atoms with van der Waals surface area (Å²) in [7, 11) is 0. The largest absolute Gasteiger partial charge is 0.327 e. The molecule has 0 unspecified atom stereocenters. The molecule has 1 aromatic carbocycles. The summed E-state index contributed by atoms with van der Waals surface area (Å²) < 4.78 is 31.3. The lowest BCUT2D eigenvalue weighted by Gasteiger charge is -2.32. The van der Waals surface area contributed by atoms with Crippen molar-refractivity contribution in [1.82, 2.24) is 0 Å². The molecule has 0 amide bonds. The molecule has 0 heterocycles. The lowest BCUT2D eigenvalue weighted by atomic mass is 10.1. The van der Waals surface area contributed by atoms with E-state index >= 15 is 0 Å². The average molecular weight is 335 g/mol. The number of hydrogen-bond donors (Lipinski definition) is 0. The smallest absolute Gasteiger partial charge is 0.287 e. The Labute approximate surface area is 122 Å². The predicted octanol–water partition coefficient (Wildman–Crippen LogP) is 3.89. The van der Waals surface area contributed by atoms with Crippen molar-refractivity contribution in [3.63, 3.8) is 0 Å². The molecule has 1 rings (SSSR count). The molecule has 0 aliphatic carbocycles. The van der Waals surface area contributed by atoms with Gasteiger partial charge in [-0.3, -0.25) is 0 Å². The van der Waals surface area contributed by atoms with Crippen LogP contribution in [0.5, 0.6) is 0 Å². The van der Waals surface area contributed by atoms with E-state index in [0.717, 1.165) is 0 Å². The molecule has 0 aromatic heterocycles. The molecule has 3 nitrogen and oxygen atoms in total. The molecule has 108 valence electrons. The van der Waals surface area contributed by atoms with Crippen LogP contribution in [0.15, 0.2) is 22.7 Å². The summed E-state index contributed by atoms with van der Waals surface area (Å²) in [4.78, 5) is 0. The maximum Gasteiger partial charge on any atom is 0.287 e. The van der Waals surface area contributed by atoms with Crippen LogP contribution in [0.1, 0.15) is 26.3 Å². The lowest BCUT2D eigenvalue weighted by molar-refractivity contribution is -0.376. The molecule has 0 bridgehead atoms. The second-order valence-electron chi connectivity index (χ2n) is 3.89. The highest BCUT2D eigenvalue weighted by atomic mass is 79.9. The predicted molar refractivity (Wildman–Crippen MR) is 75.4 cm³/mol. The number of benzene rings is 1. The van der Waals surface area contributed by atoms with Gasteiger partial charge in [-0.1, -0.05) is 22.0 Å². The Bertz CT molecular complexity index is 381. The van der Waals surface area contributed by atoms with Crippen LogP contribution in [-0.4, -0.2) is 25.8 Å². The minimum absolute atomic E-state index is 0.210. The molecule has 0 atom stereocenters. The van der Waals surface area contributed by atoms with Gasteiger partial charge >= 0.3 is 0 Å². The van der Waals surface area contributed by atoms with Gasteiger partial charge in [-0.15, -0.1) is 0 Å². The van der Waals surface area contributed by atoms with Crippen LogP contribution in [0.2, 0.25) is 0 Å². The first-order chi connectivity index (χ1) is 9.06. The Morgan fingerprint density at radius 3 is 2.00 bits per heavy atom. The van der Waals surface area contributed by atoms with E-state index in [1.54, 1.807) is 12.1 Å². The van der Waals surface area contributed by atoms with Gasteiger partial charge in [0, 0.05) is 24.3 Å². The number of rotatable bonds is 8. The average Bonchev–Trinajstić information content (AvgIpc) is 2.34. The van der Waals surface area contributed by atoms with E-state index in [0.29, 0.717) is 29.9 Å². The molecule has 1 aromatic rings. The van der Waals surface area contributed by atoms with E-state index in [2.05, 4.69) is 15.9 Å². The Morgan fingerprint density at radius 1 is 1.05 bits per heavy atom. The standard InChI is InChI=1S/C14H20BrFO3/c1-4-17-14(18-5-2,19-6-3)10-11-7-8-12(15)9-13(11)16/h7-9H,4-6,10H2,1-3H3. The van der Waals surface area contributed by atoms with E-state index in [4.69, 9.17) is 14.2 Å². The SMILES string of the molecule is CCOC(Cc1ccc(Br)cc1F)(OCC)OCC. The van der Waals surface area contributed by atoms with E-state index in [1.807, 2.05) is 20.8 Å². The van der Waals surface area contributed by atoms with E-state index in [9.17, 15) is 4.39 Å². The summed E-state index contributed by atoms with van der Waals surface area (Å²) in [5.41, 5.74) is 0.499. The number of hydrogen-bond acceptors (Lipinski definition) is 3. The quantitative estimate of drug-likeness (QED) is 0.675. The molecular formula is C14H20BrFO3. The molecule has 0 aliphatic heterocycles. The highest BCUT2D eigenvalue weighted by Crippen LogP contribution is 2.25. The highest BCUT2D eigenvalue weighted by molar-refractivity contribution is 9.10. The minimum Gasteiger partial charge on any atom is -0.327 e. The first kappa shape index (κ1) is 16.6. The summed E-state index contributed by atoms with van der Waals surface area (Å²) >= 11 is 3.23. The maximum absolute atomic E-state index is 13.9. The van der Waals surface area contributed by atoms with Gasteiger partial charge in [-0.25, -0.2) is 4.39 Å². The molecule has 0 N–H and O–H groups in total. The monoisotopic (exact) mass is 334 g/mol. The van der Waals surface area contributed by atoms with Gasteiger partial charge in [0.05, 0.1) is 6.42 Å². The fourth-order valence-corrected chi connectivity index (χ4v) is 2.17. The molecule has 0 radical (unpaired) electrons. The number of ether oxygens (including phenoxy) is 3. The second kappa shape index (κ2) is 7.94. The Kier molecular flexibility index (Phi) is 6.93. The van der Waals surface area contributed by atoms with E-state index in [1.165, 1.54) is 6.07 Å². The third-order valence-electron chi connectivity index (χ3n) is 2.51. The van der Waals surface area contributed by atoms with Gasteiger partial charge in [0.25, 0.3) is 5.97 Å². The molecule has 5 heteroatoms. The highest BCUT2D eigenvalue weighted by Gasteiger charge is 2.33. The van der Waals surface area contributed by atoms with Crippen molar-refractivity contribution >= 4 is 15.9 Å². The topological polar surface area (TPSA) is 27.7 Å². The normalized spacial score (nSPS) is 11.8. The zero-order valence-electron chi connectivity index (χ0n) is 11.5. The summed E-state index contributed by atoms with van der Waals surface area (Å²) in [6.07, 6.45) is 0.210. The van der Waals surface area contributed by atoms with Crippen molar-refractivity contribution < 1.29 is 18.6 Å². The van der Waals surface area contributed by atoms with Crippen LogP contribution in [0.25, 0.3) is 0 Å². The summed E-state index contributed by atoms with van der Waals surface area (Å²) in [5, 5.41) is 0. The molecule has 19 heavy (non-hydrogen) atoms. The molecule has 0 saturated heterocycles. The van der Waals surface area contributed by atoms with Crippen molar-refractivity contribution in [3.05, 3.63) is 34.1 Å². The lowest BCUT2D eigenvalue weighted by Crippen LogP contribution is -2.42. The van der Waals surface area contributed by atoms with Gasteiger partial charge in [-0.2, -0.15) is 0 Å². The van der Waals surface area contributed by atoms with Crippen molar-refractivity contribution in [1.29, 1.82) is 0 Å². The Balaban J connectivity index is 2.97. The van der Waals surface area contributed by atoms with Crippen LogP contribution < -0.4 is 0 Å². The van der Waals surface area contributed by atoms with Gasteiger partial charge in [0.1, 0.15) is 5.82 Å².